The molecule has 0 heterocycles. The number of nitrogens with zero attached hydrogens (tertiary/aromatic N) is 1. The van der Waals surface area contributed by atoms with Gasteiger partial charge in [0.05, 0.1) is 6.61 Å². The van der Waals surface area contributed by atoms with Crippen LogP contribution in [0.2, 0.25) is 0 Å². The average molecular weight is 280 g/mol. The van der Waals surface area contributed by atoms with E-state index in [1.807, 2.05) is 13.0 Å². The van der Waals surface area contributed by atoms with Gasteiger partial charge in [-0.3, -0.25) is 0 Å². The van der Waals surface area contributed by atoms with Crippen LogP contribution in [0.25, 0.3) is 0 Å². The van der Waals surface area contributed by atoms with Crippen molar-refractivity contribution < 1.29 is 14.7 Å². The Hall–Kier alpha value is -1.75. The standard InChI is InChI=1S/C15H24N2O3/c1-11(2)6-7-19-8-9-20-14-10-13(15(16)17-18)5-4-12(14)3/h4-5,10-11,18H,6-9H2,1-3H3,(H2,16,17). The molecule has 0 radical (unpaired) electrons. The zero-order valence-corrected chi connectivity index (χ0v) is 12.4. The van der Waals surface area contributed by atoms with Crippen molar-refractivity contribution in [1.82, 2.24) is 0 Å². The third kappa shape index (κ3) is 5.48. The summed E-state index contributed by atoms with van der Waals surface area (Å²) in [6.07, 6.45) is 1.05. The lowest BCUT2D eigenvalue weighted by Gasteiger charge is -2.11. The summed E-state index contributed by atoms with van der Waals surface area (Å²) in [5.74, 6) is 1.44. The van der Waals surface area contributed by atoms with Crippen LogP contribution in [-0.2, 0) is 4.74 Å². The maximum Gasteiger partial charge on any atom is 0.170 e. The first-order valence-corrected chi connectivity index (χ1v) is 6.83. The van der Waals surface area contributed by atoms with E-state index in [0.717, 1.165) is 24.3 Å². The highest BCUT2D eigenvalue weighted by Crippen LogP contribution is 2.19. The molecule has 5 nitrogen and oxygen atoms in total. The lowest BCUT2D eigenvalue weighted by molar-refractivity contribution is 0.0924. The quantitative estimate of drug-likeness (QED) is 0.252. The molecule has 1 rings (SSSR count). The Morgan fingerprint density at radius 2 is 2.05 bits per heavy atom. The Balaban J connectivity index is 2.43. The molecule has 0 atom stereocenters. The fraction of sp³-hybridized carbons (Fsp3) is 0.533. The molecular formula is C15H24N2O3. The second kappa shape index (κ2) is 8.43. The summed E-state index contributed by atoms with van der Waals surface area (Å²) < 4.78 is 11.2. The molecule has 0 aliphatic rings. The molecule has 0 aromatic heterocycles. The molecule has 0 saturated carbocycles. The highest BCUT2D eigenvalue weighted by molar-refractivity contribution is 5.97. The third-order valence-corrected chi connectivity index (χ3v) is 2.92. The molecule has 5 heteroatoms. The van der Waals surface area contributed by atoms with Gasteiger partial charge < -0.3 is 20.4 Å². The van der Waals surface area contributed by atoms with Crippen LogP contribution in [0.4, 0.5) is 0 Å². The SMILES string of the molecule is Cc1ccc(/C(N)=N/O)cc1OCCOCCC(C)C. The maximum absolute atomic E-state index is 8.67. The maximum atomic E-state index is 8.67. The normalized spacial score (nSPS) is 11.9. The molecule has 20 heavy (non-hydrogen) atoms. The molecule has 3 N–H and O–H groups in total. The number of oxime groups is 1. The van der Waals surface area contributed by atoms with Crippen LogP contribution in [0.1, 0.15) is 31.4 Å². The lowest BCUT2D eigenvalue weighted by atomic mass is 10.1. The highest BCUT2D eigenvalue weighted by Gasteiger charge is 2.05. The van der Waals surface area contributed by atoms with Crippen LogP contribution in [-0.4, -0.2) is 30.9 Å². The number of aryl methyl sites for hydroxylation is 1. The molecule has 0 unspecified atom stereocenters. The summed E-state index contributed by atoms with van der Waals surface area (Å²) in [4.78, 5) is 0. The van der Waals surface area contributed by atoms with E-state index in [9.17, 15) is 0 Å². The molecule has 0 amide bonds. The van der Waals surface area contributed by atoms with Gasteiger partial charge in [0.25, 0.3) is 0 Å². The van der Waals surface area contributed by atoms with Crippen molar-refractivity contribution in [3.63, 3.8) is 0 Å². The van der Waals surface area contributed by atoms with Crippen molar-refractivity contribution in [2.75, 3.05) is 19.8 Å². The van der Waals surface area contributed by atoms with Crippen LogP contribution in [0.15, 0.2) is 23.4 Å². The minimum absolute atomic E-state index is 0.0723. The summed E-state index contributed by atoms with van der Waals surface area (Å²) in [7, 11) is 0. The Bertz CT molecular complexity index is 445. The summed E-state index contributed by atoms with van der Waals surface area (Å²) in [6, 6.07) is 5.43. The van der Waals surface area contributed by atoms with E-state index in [2.05, 4.69) is 19.0 Å². The zero-order valence-electron chi connectivity index (χ0n) is 12.4. The van der Waals surface area contributed by atoms with Gasteiger partial charge in [-0.15, -0.1) is 0 Å². The molecule has 0 saturated heterocycles. The fourth-order valence-electron chi connectivity index (χ4n) is 1.60. The van der Waals surface area contributed by atoms with Gasteiger partial charge in [0.15, 0.2) is 5.84 Å². The first kappa shape index (κ1) is 16.3. The number of hydrogen-bond donors (Lipinski definition) is 2. The van der Waals surface area contributed by atoms with E-state index in [-0.39, 0.29) is 5.84 Å². The van der Waals surface area contributed by atoms with Gasteiger partial charge in [0.2, 0.25) is 0 Å². The van der Waals surface area contributed by atoms with Crippen molar-refractivity contribution >= 4 is 5.84 Å². The van der Waals surface area contributed by atoms with Crippen molar-refractivity contribution in [2.24, 2.45) is 16.8 Å². The Morgan fingerprint density at radius 1 is 1.30 bits per heavy atom. The van der Waals surface area contributed by atoms with Crippen LogP contribution in [0.3, 0.4) is 0 Å². The van der Waals surface area contributed by atoms with E-state index in [1.54, 1.807) is 12.1 Å². The average Bonchev–Trinajstić information content (AvgIpc) is 2.43. The molecule has 0 spiro atoms. The van der Waals surface area contributed by atoms with Crippen molar-refractivity contribution in [3.05, 3.63) is 29.3 Å². The van der Waals surface area contributed by atoms with Crippen molar-refractivity contribution in [3.8, 4) is 5.75 Å². The van der Waals surface area contributed by atoms with Crippen LogP contribution >= 0.6 is 0 Å². The highest BCUT2D eigenvalue weighted by atomic mass is 16.5. The van der Waals surface area contributed by atoms with Crippen LogP contribution < -0.4 is 10.5 Å². The van der Waals surface area contributed by atoms with Crippen molar-refractivity contribution in [2.45, 2.75) is 27.2 Å². The summed E-state index contributed by atoms with van der Waals surface area (Å²) in [5.41, 5.74) is 7.19. The summed E-state index contributed by atoms with van der Waals surface area (Å²) >= 11 is 0. The summed E-state index contributed by atoms with van der Waals surface area (Å²) in [5, 5.41) is 11.6. The van der Waals surface area contributed by atoms with Gasteiger partial charge in [0, 0.05) is 12.2 Å². The Labute approximate surface area is 120 Å². The molecular weight excluding hydrogens is 256 g/mol. The Kier molecular flexibility index (Phi) is 6.87. The molecule has 0 aliphatic carbocycles. The predicted molar refractivity (Wildman–Crippen MR) is 79.5 cm³/mol. The number of rotatable bonds is 8. The number of hydrogen-bond acceptors (Lipinski definition) is 4. The van der Waals surface area contributed by atoms with E-state index in [4.69, 9.17) is 20.4 Å². The van der Waals surface area contributed by atoms with Gasteiger partial charge in [0.1, 0.15) is 12.4 Å². The molecule has 112 valence electrons. The smallest absolute Gasteiger partial charge is 0.170 e. The number of amidine groups is 1. The first-order valence-electron chi connectivity index (χ1n) is 6.83. The number of ether oxygens (including phenoxy) is 2. The van der Waals surface area contributed by atoms with Crippen LogP contribution in [0.5, 0.6) is 5.75 Å². The fourth-order valence-corrected chi connectivity index (χ4v) is 1.60. The number of nitrogens with two attached hydrogens (primary N) is 1. The van der Waals surface area contributed by atoms with Gasteiger partial charge in [-0.1, -0.05) is 31.1 Å². The Morgan fingerprint density at radius 3 is 2.70 bits per heavy atom. The first-order chi connectivity index (χ1) is 9.54. The van der Waals surface area contributed by atoms with E-state index < -0.39 is 0 Å². The zero-order chi connectivity index (χ0) is 15.0. The van der Waals surface area contributed by atoms with E-state index in [1.165, 1.54) is 0 Å². The van der Waals surface area contributed by atoms with Gasteiger partial charge in [-0.2, -0.15) is 0 Å². The van der Waals surface area contributed by atoms with Gasteiger partial charge in [-0.05, 0) is 30.9 Å². The second-order valence-corrected chi connectivity index (χ2v) is 5.11. The van der Waals surface area contributed by atoms with E-state index in [0.29, 0.717) is 24.7 Å². The second-order valence-electron chi connectivity index (χ2n) is 5.11. The molecule has 0 aliphatic heterocycles. The molecule has 0 fully saturated rings. The minimum atomic E-state index is 0.0723. The van der Waals surface area contributed by atoms with Gasteiger partial charge in [-0.25, -0.2) is 0 Å². The number of benzene rings is 1. The minimum Gasteiger partial charge on any atom is -0.491 e. The lowest BCUT2D eigenvalue weighted by Crippen LogP contribution is -2.14. The van der Waals surface area contributed by atoms with Gasteiger partial charge >= 0.3 is 0 Å². The topological polar surface area (TPSA) is 77.1 Å². The summed E-state index contributed by atoms with van der Waals surface area (Å²) in [6.45, 7) is 8.08. The molecule has 1 aromatic carbocycles. The van der Waals surface area contributed by atoms with E-state index >= 15 is 0 Å². The predicted octanol–water partition coefficient (Wildman–Crippen LogP) is 2.53. The monoisotopic (exact) mass is 280 g/mol. The van der Waals surface area contributed by atoms with Crippen LogP contribution in [0, 0.1) is 12.8 Å². The largest absolute Gasteiger partial charge is 0.491 e. The third-order valence-electron chi connectivity index (χ3n) is 2.92. The molecule has 1 aromatic rings. The van der Waals surface area contributed by atoms with Crippen molar-refractivity contribution in [1.29, 1.82) is 0 Å². The molecule has 0 bridgehead atoms.